The predicted octanol–water partition coefficient (Wildman–Crippen LogP) is 0.802. The lowest BCUT2D eigenvalue weighted by Crippen LogP contribution is -2.28. The minimum atomic E-state index is -3.73. The summed E-state index contributed by atoms with van der Waals surface area (Å²) in [6, 6.07) is 4.59. The molecule has 0 aromatic carbocycles. The van der Waals surface area contributed by atoms with Crippen molar-refractivity contribution < 1.29 is 8.42 Å². The monoisotopic (exact) mass is 293 g/mol. The number of nitrogens with one attached hydrogen (secondary N) is 2. The number of hydrogen-bond acceptors (Lipinski definition) is 6. The van der Waals surface area contributed by atoms with E-state index in [0.29, 0.717) is 0 Å². The van der Waals surface area contributed by atoms with E-state index in [2.05, 4.69) is 20.1 Å². The predicted molar refractivity (Wildman–Crippen MR) is 75.0 cm³/mol. The second-order valence-corrected chi connectivity index (χ2v) is 5.82. The van der Waals surface area contributed by atoms with Crippen LogP contribution in [0.15, 0.2) is 47.9 Å². The topological polar surface area (TPSA) is 110 Å². The van der Waals surface area contributed by atoms with Crippen molar-refractivity contribution in [2.45, 2.75) is 17.9 Å². The van der Waals surface area contributed by atoms with Crippen molar-refractivity contribution in [3.8, 4) is 0 Å². The molecule has 0 amide bonds. The summed E-state index contributed by atoms with van der Waals surface area (Å²) in [6.07, 6.45) is 5.92. The molecule has 2 aromatic rings. The van der Waals surface area contributed by atoms with Gasteiger partial charge in [-0.05, 0) is 30.7 Å². The van der Waals surface area contributed by atoms with Crippen molar-refractivity contribution in [2.75, 3.05) is 5.43 Å². The van der Waals surface area contributed by atoms with Gasteiger partial charge in [-0.2, -0.15) is 0 Å². The molecule has 0 saturated carbocycles. The van der Waals surface area contributed by atoms with Crippen LogP contribution in [0.4, 0.5) is 5.69 Å². The quantitative estimate of drug-likeness (QED) is 0.555. The summed E-state index contributed by atoms with van der Waals surface area (Å²) >= 11 is 0. The summed E-state index contributed by atoms with van der Waals surface area (Å²) in [5, 5.41) is 0. The molecule has 0 aliphatic heterocycles. The van der Waals surface area contributed by atoms with E-state index in [1.165, 1.54) is 18.5 Å². The van der Waals surface area contributed by atoms with E-state index in [9.17, 15) is 8.42 Å². The second kappa shape index (κ2) is 5.95. The SMILES string of the molecule is CC(NS(=O)(=O)c1cnccc1NN)c1ccncc1. The Morgan fingerprint density at radius 3 is 2.45 bits per heavy atom. The van der Waals surface area contributed by atoms with Gasteiger partial charge in [-0.1, -0.05) is 0 Å². The summed E-state index contributed by atoms with van der Waals surface area (Å²) in [5.74, 6) is 5.31. The maximum atomic E-state index is 12.3. The van der Waals surface area contributed by atoms with E-state index in [0.717, 1.165) is 5.56 Å². The number of pyridine rings is 2. The Balaban J connectivity index is 2.28. The van der Waals surface area contributed by atoms with Crippen LogP contribution in [0, 0.1) is 0 Å². The highest BCUT2D eigenvalue weighted by molar-refractivity contribution is 7.89. The fourth-order valence-corrected chi connectivity index (χ4v) is 3.07. The van der Waals surface area contributed by atoms with E-state index >= 15 is 0 Å². The zero-order valence-electron chi connectivity index (χ0n) is 10.8. The Morgan fingerprint density at radius 2 is 1.80 bits per heavy atom. The molecule has 0 spiro atoms. The van der Waals surface area contributed by atoms with Gasteiger partial charge in [0.15, 0.2) is 0 Å². The molecule has 0 aliphatic rings. The van der Waals surface area contributed by atoms with Crippen molar-refractivity contribution in [1.82, 2.24) is 14.7 Å². The number of hydrogen-bond donors (Lipinski definition) is 3. The number of sulfonamides is 1. The fourth-order valence-electron chi connectivity index (χ4n) is 1.73. The molecule has 20 heavy (non-hydrogen) atoms. The average Bonchev–Trinajstić information content (AvgIpc) is 2.47. The Bertz CT molecular complexity index is 675. The van der Waals surface area contributed by atoms with Crippen LogP contribution in [-0.2, 0) is 10.0 Å². The van der Waals surface area contributed by atoms with Crippen LogP contribution >= 0.6 is 0 Å². The number of nitrogens with two attached hydrogens (primary N) is 1. The van der Waals surface area contributed by atoms with Crippen molar-refractivity contribution in [3.05, 3.63) is 48.5 Å². The largest absolute Gasteiger partial charge is 0.323 e. The summed E-state index contributed by atoms with van der Waals surface area (Å²) < 4.78 is 27.2. The molecule has 1 unspecified atom stereocenters. The van der Waals surface area contributed by atoms with Gasteiger partial charge in [-0.3, -0.25) is 15.8 Å². The van der Waals surface area contributed by atoms with E-state index in [-0.39, 0.29) is 10.6 Å². The third-order valence-electron chi connectivity index (χ3n) is 2.77. The van der Waals surface area contributed by atoms with Gasteiger partial charge in [0.05, 0.1) is 5.69 Å². The lowest BCUT2D eigenvalue weighted by molar-refractivity contribution is 0.566. The molecule has 0 radical (unpaired) electrons. The minimum Gasteiger partial charge on any atom is -0.323 e. The van der Waals surface area contributed by atoms with Crippen LogP contribution in [0.2, 0.25) is 0 Å². The summed E-state index contributed by atoms with van der Waals surface area (Å²) in [7, 11) is -3.73. The lowest BCUT2D eigenvalue weighted by atomic mass is 10.1. The summed E-state index contributed by atoms with van der Waals surface area (Å²) in [4.78, 5) is 7.71. The first-order valence-corrected chi connectivity index (χ1v) is 7.36. The molecule has 0 aliphatic carbocycles. The van der Waals surface area contributed by atoms with Gasteiger partial charge in [-0.15, -0.1) is 0 Å². The van der Waals surface area contributed by atoms with E-state index in [4.69, 9.17) is 5.84 Å². The first-order valence-electron chi connectivity index (χ1n) is 5.87. The van der Waals surface area contributed by atoms with Gasteiger partial charge >= 0.3 is 0 Å². The van der Waals surface area contributed by atoms with Crippen molar-refractivity contribution >= 4 is 15.7 Å². The van der Waals surface area contributed by atoms with Gasteiger partial charge in [0.2, 0.25) is 10.0 Å². The highest BCUT2D eigenvalue weighted by atomic mass is 32.2. The first-order chi connectivity index (χ1) is 9.54. The van der Waals surface area contributed by atoms with Crippen LogP contribution < -0.4 is 16.0 Å². The van der Waals surface area contributed by atoms with Gasteiger partial charge in [0.1, 0.15) is 4.90 Å². The number of aromatic nitrogens is 2. The second-order valence-electron chi connectivity index (χ2n) is 4.14. The van der Waals surface area contributed by atoms with E-state index < -0.39 is 16.1 Å². The molecule has 2 aromatic heterocycles. The van der Waals surface area contributed by atoms with Crippen molar-refractivity contribution in [1.29, 1.82) is 0 Å². The van der Waals surface area contributed by atoms with Crippen LogP contribution in [0.3, 0.4) is 0 Å². The molecule has 2 heterocycles. The molecule has 0 bridgehead atoms. The third-order valence-corrected chi connectivity index (χ3v) is 4.34. The average molecular weight is 293 g/mol. The van der Waals surface area contributed by atoms with Gasteiger partial charge in [0.25, 0.3) is 0 Å². The normalized spacial score (nSPS) is 12.9. The first kappa shape index (κ1) is 14.4. The van der Waals surface area contributed by atoms with Crippen LogP contribution in [0.25, 0.3) is 0 Å². The van der Waals surface area contributed by atoms with Crippen LogP contribution in [0.1, 0.15) is 18.5 Å². The molecular formula is C12H15N5O2S. The molecule has 106 valence electrons. The van der Waals surface area contributed by atoms with Crippen LogP contribution in [-0.4, -0.2) is 18.4 Å². The molecule has 4 N–H and O–H groups in total. The maximum absolute atomic E-state index is 12.3. The van der Waals surface area contributed by atoms with Gasteiger partial charge in [-0.25, -0.2) is 13.1 Å². The van der Waals surface area contributed by atoms with Gasteiger partial charge < -0.3 is 5.43 Å². The molecule has 0 fully saturated rings. The van der Waals surface area contributed by atoms with Crippen LogP contribution in [0.5, 0.6) is 0 Å². The number of rotatable bonds is 5. The zero-order valence-corrected chi connectivity index (χ0v) is 11.6. The molecule has 7 nitrogen and oxygen atoms in total. The Morgan fingerprint density at radius 1 is 1.15 bits per heavy atom. The molecule has 1 atom stereocenters. The molecule has 0 saturated heterocycles. The molecule has 8 heteroatoms. The zero-order chi connectivity index (χ0) is 14.6. The third kappa shape index (κ3) is 3.10. The van der Waals surface area contributed by atoms with Crippen molar-refractivity contribution in [2.24, 2.45) is 5.84 Å². The Kier molecular flexibility index (Phi) is 4.28. The Labute approximate surface area is 117 Å². The lowest BCUT2D eigenvalue weighted by Gasteiger charge is -2.15. The van der Waals surface area contributed by atoms with E-state index in [1.807, 2.05) is 0 Å². The number of nitrogens with zero attached hydrogens (tertiary/aromatic N) is 2. The summed E-state index contributed by atoms with van der Waals surface area (Å²) in [5.41, 5.74) is 3.45. The fraction of sp³-hybridized carbons (Fsp3) is 0.167. The highest BCUT2D eigenvalue weighted by Gasteiger charge is 2.21. The van der Waals surface area contributed by atoms with Crippen molar-refractivity contribution in [3.63, 3.8) is 0 Å². The highest BCUT2D eigenvalue weighted by Crippen LogP contribution is 2.21. The number of nitrogen functional groups attached to an aromatic ring is 1. The minimum absolute atomic E-state index is 0.00315. The Hall–Kier alpha value is -2.03. The smallest absolute Gasteiger partial charge is 0.244 e. The summed E-state index contributed by atoms with van der Waals surface area (Å²) in [6.45, 7) is 1.75. The molecule has 2 rings (SSSR count). The number of anilines is 1. The molecular weight excluding hydrogens is 278 g/mol. The number of hydrazine groups is 1. The van der Waals surface area contributed by atoms with E-state index in [1.54, 1.807) is 31.5 Å². The maximum Gasteiger partial charge on any atom is 0.244 e. The van der Waals surface area contributed by atoms with Gasteiger partial charge in [0, 0.05) is 30.8 Å². The standard InChI is InChI=1S/C12H15N5O2S/c1-9(10-2-5-14-6-3-10)17-20(18,19)12-8-15-7-4-11(12)16-13/h2-9,17H,13H2,1H3,(H,15,16).